The topological polar surface area (TPSA) is 15.3 Å². The van der Waals surface area contributed by atoms with Crippen molar-refractivity contribution in [3.63, 3.8) is 0 Å². The maximum Gasteiger partial charge on any atom is 0.0398 e. The lowest BCUT2D eigenvalue weighted by Gasteiger charge is -2.45. The predicted molar refractivity (Wildman–Crippen MR) is 81.9 cm³/mol. The van der Waals surface area contributed by atoms with Gasteiger partial charge in [-0.3, -0.25) is 0 Å². The van der Waals surface area contributed by atoms with E-state index >= 15 is 0 Å². The van der Waals surface area contributed by atoms with Crippen LogP contribution in [0.1, 0.15) is 36.8 Å². The molecule has 104 valence electrons. The summed E-state index contributed by atoms with van der Waals surface area (Å²) in [6.45, 7) is 9.41. The number of benzene rings is 1. The average Bonchev–Trinajstić information content (AvgIpc) is 2.44. The number of nitrogens with zero attached hydrogens (tertiary/aromatic N) is 1. The van der Waals surface area contributed by atoms with Gasteiger partial charge in [-0.15, -0.1) is 0 Å². The second kappa shape index (κ2) is 5.16. The minimum absolute atomic E-state index is 0.652. The van der Waals surface area contributed by atoms with Crippen LogP contribution in [0, 0.1) is 19.3 Å². The van der Waals surface area contributed by atoms with E-state index in [0.29, 0.717) is 5.41 Å². The summed E-state index contributed by atoms with van der Waals surface area (Å²) >= 11 is 0. The molecule has 0 amide bonds. The molecule has 2 heteroatoms. The molecule has 0 radical (unpaired) electrons. The van der Waals surface area contributed by atoms with Crippen molar-refractivity contribution in [3.8, 4) is 0 Å². The molecule has 19 heavy (non-hydrogen) atoms. The van der Waals surface area contributed by atoms with Gasteiger partial charge in [0.25, 0.3) is 0 Å². The van der Waals surface area contributed by atoms with Gasteiger partial charge in [-0.05, 0) is 75.2 Å². The lowest BCUT2D eigenvalue weighted by Crippen LogP contribution is -2.45. The molecule has 2 aliphatic rings. The first-order valence-electron chi connectivity index (χ1n) is 7.72. The molecule has 2 heterocycles. The zero-order valence-corrected chi connectivity index (χ0v) is 12.3. The molecule has 0 aromatic heterocycles. The summed E-state index contributed by atoms with van der Waals surface area (Å²) in [5.41, 5.74) is 4.99. The molecule has 3 rings (SSSR count). The highest BCUT2D eigenvalue weighted by molar-refractivity contribution is 5.56. The third-order valence-electron chi connectivity index (χ3n) is 5.41. The van der Waals surface area contributed by atoms with Crippen molar-refractivity contribution in [2.75, 3.05) is 31.1 Å². The second-order valence-electron chi connectivity index (χ2n) is 6.46. The Hall–Kier alpha value is -1.02. The van der Waals surface area contributed by atoms with E-state index in [4.69, 9.17) is 0 Å². The lowest BCUT2D eigenvalue weighted by atomic mass is 9.71. The predicted octanol–water partition coefficient (Wildman–Crippen LogP) is 3.27. The normalized spacial score (nSPS) is 22.7. The van der Waals surface area contributed by atoms with Crippen LogP contribution in [0.5, 0.6) is 0 Å². The van der Waals surface area contributed by atoms with E-state index < -0.39 is 0 Å². The van der Waals surface area contributed by atoms with Gasteiger partial charge >= 0.3 is 0 Å². The van der Waals surface area contributed by atoms with E-state index in [1.165, 1.54) is 68.7 Å². The van der Waals surface area contributed by atoms with Gasteiger partial charge in [0.05, 0.1) is 0 Å². The minimum atomic E-state index is 0.652. The molecule has 0 atom stereocenters. The molecule has 1 N–H and O–H groups in total. The summed E-state index contributed by atoms with van der Waals surface area (Å²) in [5, 5.41) is 3.50. The molecule has 1 spiro atoms. The standard InChI is InChI=1S/C17H26N2/c1-14-4-3-5-16(15(14)2)19-12-8-17(9-13-19)6-10-18-11-7-17/h3-5,18H,6-13H2,1-2H3. The fraction of sp³-hybridized carbons (Fsp3) is 0.647. The van der Waals surface area contributed by atoms with Crippen LogP contribution in [0.3, 0.4) is 0 Å². The van der Waals surface area contributed by atoms with Crippen molar-refractivity contribution < 1.29 is 0 Å². The Morgan fingerprint density at radius 2 is 1.68 bits per heavy atom. The first-order chi connectivity index (χ1) is 9.20. The Morgan fingerprint density at radius 1 is 1.00 bits per heavy atom. The quantitative estimate of drug-likeness (QED) is 0.831. The van der Waals surface area contributed by atoms with E-state index in [-0.39, 0.29) is 0 Å². The van der Waals surface area contributed by atoms with Gasteiger partial charge in [-0.25, -0.2) is 0 Å². The van der Waals surface area contributed by atoms with Crippen LogP contribution in [0.4, 0.5) is 5.69 Å². The number of hydrogen-bond donors (Lipinski definition) is 1. The highest BCUT2D eigenvalue weighted by Gasteiger charge is 2.35. The van der Waals surface area contributed by atoms with Crippen LogP contribution in [0.15, 0.2) is 18.2 Å². The first-order valence-corrected chi connectivity index (χ1v) is 7.72. The average molecular weight is 258 g/mol. The van der Waals surface area contributed by atoms with Crippen LogP contribution in [0.25, 0.3) is 0 Å². The van der Waals surface area contributed by atoms with Gasteiger partial charge in [0.2, 0.25) is 0 Å². The van der Waals surface area contributed by atoms with Crippen molar-refractivity contribution in [2.45, 2.75) is 39.5 Å². The van der Waals surface area contributed by atoms with Gasteiger partial charge in [-0.2, -0.15) is 0 Å². The maximum atomic E-state index is 3.50. The first kappa shape index (κ1) is 13.0. The van der Waals surface area contributed by atoms with Gasteiger partial charge < -0.3 is 10.2 Å². The summed E-state index contributed by atoms with van der Waals surface area (Å²) in [7, 11) is 0. The Labute approximate surface area is 117 Å². The molecule has 0 saturated carbocycles. The molecule has 2 fully saturated rings. The summed E-state index contributed by atoms with van der Waals surface area (Å²) in [6, 6.07) is 6.71. The third-order valence-corrected chi connectivity index (χ3v) is 5.41. The number of hydrogen-bond acceptors (Lipinski definition) is 2. The summed E-state index contributed by atoms with van der Waals surface area (Å²) in [5.74, 6) is 0. The summed E-state index contributed by atoms with van der Waals surface area (Å²) < 4.78 is 0. The molecule has 1 aromatic carbocycles. The zero-order valence-electron chi connectivity index (χ0n) is 12.3. The summed E-state index contributed by atoms with van der Waals surface area (Å²) in [6.07, 6.45) is 5.52. The number of rotatable bonds is 1. The van der Waals surface area contributed by atoms with E-state index in [0.717, 1.165) is 0 Å². The molecular formula is C17H26N2. The largest absolute Gasteiger partial charge is 0.371 e. The zero-order chi connectivity index (χ0) is 13.3. The van der Waals surface area contributed by atoms with Crippen LogP contribution < -0.4 is 10.2 Å². The van der Waals surface area contributed by atoms with Crippen molar-refractivity contribution in [2.24, 2.45) is 5.41 Å². The van der Waals surface area contributed by atoms with Gasteiger partial charge in [0, 0.05) is 18.8 Å². The van der Waals surface area contributed by atoms with E-state index in [1.54, 1.807) is 0 Å². The van der Waals surface area contributed by atoms with E-state index in [9.17, 15) is 0 Å². The van der Waals surface area contributed by atoms with Crippen LogP contribution >= 0.6 is 0 Å². The molecule has 2 aliphatic heterocycles. The highest BCUT2D eigenvalue weighted by atomic mass is 15.1. The van der Waals surface area contributed by atoms with E-state index in [2.05, 4.69) is 42.3 Å². The number of piperidine rings is 2. The Bertz CT molecular complexity index is 437. The fourth-order valence-corrected chi connectivity index (χ4v) is 3.76. The Balaban J connectivity index is 1.71. The fourth-order valence-electron chi connectivity index (χ4n) is 3.76. The summed E-state index contributed by atoms with van der Waals surface area (Å²) in [4.78, 5) is 2.61. The van der Waals surface area contributed by atoms with Crippen molar-refractivity contribution in [1.82, 2.24) is 5.32 Å². The van der Waals surface area contributed by atoms with Crippen molar-refractivity contribution in [1.29, 1.82) is 0 Å². The Morgan fingerprint density at radius 3 is 2.37 bits per heavy atom. The number of nitrogens with one attached hydrogen (secondary N) is 1. The maximum absolute atomic E-state index is 3.50. The van der Waals surface area contributed by atoms with Gasteiger partial charge in [0.1, 0.15) is 0 Å². The molecule has 0 bridgehead atoms. The van der Waals surface area contributed by atoms with Crippen molar-refractivity contribution in [3.05, 3.63) is 29.3 Å². The molecule has 2 nitrogen and oxygen atoms in total. The molecule has 1 aromatic rings. The van der Waals surface area contributed by atoms with Crippen molar-refractivity contribution >= 4 is 5.69 Å². The number of anilines is 1. The van der Waals surface area contributed by atoms with Crippen LogP contribution in [0.2, 0.25) is 0 Å². The molecule has 0 aliphatic carbocycles. The second-order valence-corrected chi connectivity index (χ2v) is 6.46. The third kappa shape index (κ3) is 2.51. The molecule has 2 saturated heterocycles. The number of aryl methyl sites for hydroxylation is 1. The van der Waals surface area contributed by atoms with Crippen LogP contribution in [-0.2, 0) is 0 Å². The SMILES string of the molecule is Cc1cccc(N2CCC3(CCNCC3)CC2)c1C. The molecule has 0 unspecified atom stereocenters. The van der Waals surface area contributed by atoms with Crippen LogP contribution in [-0.4, -0.2) is 26.2 Å². The monoisotopic (exact) mass is 258 g/mol. The van der Waals surface area contributed by atoms with Gasteiger partial charge in [-0.1, -0.05) is 12.1 Å². The lowest BCUT2D eigenvalue weighted by molar-refractivity contribution is 0.155. The van der Waals surface area contributed by atoms with E-state index in [1.807, 2.05) is 0 Å². The highest BCUT2D eigenvalue weighted by Crippen LogP contribution is 2.41. The molecular weight excluding hydrogens is 232 g/mol. The Kier molecular flexibility index (Phi) is 3.53. The minimum Gasteiger partial charge on any atom is -0.371 e. The smallest absolute Gasteiger partial charge is 0.0398 e. The van der Waals surface area contributed by atoms with Gasteiger partial charge in [0.15, 0.2) is 0 Å².